The molecule has 3 aromatic rings. The molecule has 0 unspecified atom stereocenters. The largest absolute Gasteiger partial charge is 0.454 e. The molecule has 1 heterocycles. The third-order valence-corrected chi connectivity index (χ3v) is 6.09. The molecule has 2 N–H and O–H groups in total. The number of hydrogen-bond acceptors (Lipinski definition) is 6. The van der Waals surface area contributed by atoms with Gasteiger partial charge in [-0.1, -0.05) is 23.2 Å². The van der Waals surface area contributed by atoms with Gasteiger partial charge in [0.25, 0.3) is 10.0 Å². The van der Waals surface area contributed by atoms with E-state index in [0.29, 0.717) is 5.02 Å². The van der Waals surface area contributed by atoms with Crippen LogP contribution < -0.4 is 14.2 Å². The van der Waals surface area contributed by atoms with Gasteiger partial charge in [-0.2, -0.15) is 0 Å². The number of pyridine rings is 1. The second-order valence-electron chi connectivity index (χ2n) is 6.06. The minimum absolute atomic E-state index is 0.0313. The van der Waals surface area contributed by atoms with Gasteiger partial charge >= 0.3 is 0 Å². The minimum Gasteiger partial charge on any atom is -0.454 e. The molecule has 0 atom stereocenters. The molecule has 0 saturated carbocycles. The second-order valence-corrected chi connectivity index (χ2v) is 10.3. The van der Waals surface area contributed by atoms with E-state index in [2.05, 4.69) is 14.4 Å². The van der Waals surface area contributed by atoms with Crippen LogP contribution in [0.1, 0.15) is 0 Å². The van der Waals surface area contributed by atoms with Crippen molar-refractivity contribution in [2.45, 2.75) is 4.90 Å². The number of rotatable bonds is 7. The standard InChI is InChI=1S/C18H15Cl2N3O5S2/c1-29(24,25)23-16-6-5-14(30(26,27)22-13-3-2-8-21-11-13)10-18(16)28-17-7-4-12(19)9-15(17)20/h2-11,22-23H,1H3. The SMILES string of the molecule is CS(=O)(=O)Nc1ccc(S(=O)(=O)Nc2cccnc2)cc1Oc1ccc(Cl)cc1Cl. The van der Waals surface area contributed by atoms with Gasteiger partial charge in [-0.3, -0.25) is 14.4 Å². The zero-order chi connectivity index (χ0) is 21.9. The Morgan fingerprint density at radius 1 is 0.933 bits per heavy atom. The lowest BCUT2D eigenvalue weighted by atomic mass is 10.3. The lowest BCUT2D eigenvalue weighted by molar-refractivity contribution is 0.483. The molecule has 0 aliphatic carbocycles. The Labute approximate surface area is 183 Å². The van der Waals surface area contributed by atoms with Crippen molar-refractivity contribution in [1.29, 1.82) is 0 Å². The highest BCUT2D eigenvalue weighted by Gasteiger charge is 2.19. The first kappa shape index (κ1) is 22.2. The molecule has 0 aliphatic rings. The van der Waals surface area contributed by atoms with Crippen LogP contribution in [0.25, 0.3) is 0 Å². The van der Waals surface area contributed by atoms with Crippen LogP contribution in [0.15, 0.2) is 65.8 Å². The summed E-state index contributed by atoms with van der Waals surface area (Å²) in [4.78, 5) is 3.69. The smallest absolute Gasteiger partial charge is 0.262 e. The molecule has 0 radical (unpaired) electrons. The molecule has 0 fully saturated rings. The van der Waals surface area contributed by atoms with Gasteiger partial charge in [0.15, 0.2) is 5.75 Å². The molecule has 0 bridgehead atoms. The Hall–Kier alpha value is -2.53. The lowest BCUT2D eigenvalue weighted by Crippen LogP contribution is -2.14. The highest BCUT2D eigenvalue weighted by Crippen LogP contribution is 2.37. The normalized spacial score (nSPS) is 11.7. The zero-order valence-electron chi connectivity index (χ0n) is 15.3. The quantitative estimate of drug-likeness (QED) is 0.511. The Morgan fingerprint density at radius 3 is 2.33 bits per heavy atom. The summed E-state index contributed by atoms with van der Waals surface area (Å²) in [6, 6.07) is 11.2. The molecule has 1 aromatic heterocycles. The molecule has 0 aliphatic heterocycles. The van der Waals surface area contributed by atoms with Crippen LogP contribution in [0, 0.1) is 0 Å². The third-order valence-electron chi connectivity index (χ3n) is 3.59. The topological polar surface area (TPSA) is 114 Å². The molecule has 12 heteroatoms. The molecule has 0 spiro atoms. The Bertz CT molecular complexity index is 1280. The summed E-state index contributed by atoms with van der Waals surface area (Å²) in [6.45, 7) is 0. The molecular weight excluding hydrogens is 473 g/mol. The fraction of sp³-hybridized carbons (Fsp3) is 0.0556. The van der Waals surface area contributed by atoms with Gasteiger partial charge in [-0.05, 0) is 42.5 Å². The van der Waals surface area contributed by atoms with E-state index in [1.165, 1.54) is 54.9 Å². The third kappa shape index (κ3) is 5.76. The van der Waals surface area contributed by atoms with E-state index in [1.54, 1.807) is 6.07 Å². The molecular formula is C18H15Cl2N3O5S2. The lowest BCUT2D eigenvalue weighted by Gasteiger charge is -2.15. The first-order valence-corrected chi connectivity index (χ1v) is 12.3. The maximum atomic E-state index is 12.7. The highest BCUT2D eigenvalue weighted by atomic mass is 35.5. The number of sulfonamides is 2. The van der Waals surface area contributed by atoms with Crippen molar-refractivity contribution in [1.82, 2.24) is 4.98 Å². The van der Waals surface area contributed by atoms with Gasteiger partial charge in [0.05, 0.1) is 33.7 Å². The number of anilines is 2. The second kappa shape index (κ2) is 8.68. The maximum absolute atomic E-state index is 12.7. The summed E-state index contributed by atoms with van der Waals surface area (Å²) in [5.41, 5.74) is 0.294. The van der Waals surface area contributed by atoms with Crippen molar-refractivity contribution in [3.8, 4) is 11.5 Å². The van der Waals surface area contributed by atoms with Gasteiger partial charge in [0.2, 0.25) is 10.0 Å². The zero-order valence-corrected chi connectivity index (χ0v) is 18.5. The fourth-order valence-electron chi connectivity index (χ4n) is 2.35. The van der Waals surface area contributed by atoms with Crippen LogP contribution >= 0.6 is 23.2 Å². The first-order chi connectivity index (χ1) is 14.0. The summed E-state index contributed by atoms with van der Waals surface area (Å²) in [5, 5.41) is 0.536. The molecule has 3 rings (SSSR count). The number of nitrogens with one attached hydrogen (secondary N) is 2. The number of halogens is 2. The Morgan fingerprint density at radius 2 is 1.70 bits per heavy atom. The summed E-state index contributed by atoms with van der Waals surface area (Å²) in [6.07, 6.45) is 3.81. The molecule has 8 nitrogen and oxygen atoms in total. The average Bonchev–Trinajstić information content (AvgIpc) is 2.64. The molecule has 30 heavy (non-hydrogen) atoms. The van der Waals surface area contributed by atoms with E-state index in [4.69, 9.17) is 27.9 Å². The average molecular weight is 488 g/mol. The highest BCUT2D eigenvalue weighted by molar-refractivity contribution is 7.92. The van der Waals surface area contributed by atoms with E-state index >= 15 is 0 Å². The summed E-state index contributed by atoms with van der Waals surface area (Å²) in [7, 11) is -7.67. The number of nitrogens with zero attached hydrogens (tertiary/aromatic N) is 1. The number of benzene rings is 2. The van der Waals surface area contributed by atoms with E-state index in [-0.39, 0.29) is 32.8 Å². The molecule has 158 valence electrons. The monoisotopic (exact) mass is 487 g/mol. The van der Waals surface area contributed by atoms with Gasteiger partial charge in [0, 0.05) is 17.3 Å². The summed E-state index contributed by atoms with van der Waals surface area (Å²) in [5.74, 6) is 0.0890. The van der Waals surface area contributed by atoms with Crippen molar-refractivity contribution in [2.75, 3.05) is 15.7 Å². The van der Waals surface area contributed by atoms with Gasteiger partial charge < -0.3 is 4.74 Å². The van der Waals surface area contributed by atoms with Crippen LogP contribution in [0.4, 0.5) is 11.4 Å². The first-order valence-electron chi connectivity index (χ1n) is 8.21. The van der Waals surface area contributed by atoms with Gasteiger partial charge in [-0.15, -0.1) is 0 Å². The van der Waals surface area contributed by atoms with Crippen LogP contribution in [0.5, 0.6) is 11.5 Å². The Balaban J connectivity index is 2.03. The van der Waals surface area contributed by atoms with Crippen LogP contribution in [0.2, 0.25) is 10.0 Å². The predicted octanol–water partition coefficient (Wildman–Crippen LogP) is 4.35. The van der Waals surface area contributed by atoms with Crippen LogP contribution in [0.3, 0.4) is 0 Å². The van der Waals surface area contributed by atoms with Gasteiger partial charge in [0.1, 0.15) is 5.75 Å². The van der Waals surface area contributed by atoms with E-state index < -0.39 is 20.0 Å². The summed E-state index contributed by atoms with van der Waals surface area (Å²) < 4.78 is 59.2. The van der Waals surface area contributed by atoms with Crippen LogP contribution in [-0.4, -0.2) is 28.1 Å². The maximum Gasteiger partial charge on any atom is 0.262 e. The minimum atomic E-state index is -4.01. The number of ether oxygens (including phenoxy) is 1. The van der Waals surface area contributed by atoms with E-state index in [0.717, 1.165) is 6.26 Å². The number of hydrogen-bond donors (Lipinski definition) is 2. The van der Waals surface area contributed by atoms with Crippen molar-refractivity contribution in [3.05, 3.63) is 71.0 Å². The molecule has 0 amide bonds. The molecule has 2 aromatic carbocycles. The summed E-state index contributed by atoms with van der Waals surface area (Å²) >= 11 is 12.0. The molecule has 0 saturated heterocycles. The number of aromatic nitrogens is 1. The van der Waals surface area contributed by atoms with E-state index in [1.807, 2.05) is 0 Å². The predicted molar refractivity (Wildman–Crippen MR) is 116 cm³/mol. The Kier molecular flexibility index (Phi) is 6.41. The van der Waals surface area contributed by atoms with Crippen molar-refractivity contribution in [2.24, 2.45) is 0 Å². The van der Waals surface area contributed by atoms with E-state index in [9.17, 15) is 16.8 Å². The van der Waals surface area contributed by atoms with Crippen molar-refractivity contribution >= 4 is 54.6 Å². The van der Waals surface area contributed by atoms with Crippen molar-refractivity contribution < 1.29 is 21.6 Å². The fourth-order valence-corrected chi connectivity index (χ4v) is 4.43. The van der Waals surface area contributed by atoms with Crippen LogP contribution in [-0.2, 0) is 20.0 Å². The van der Waals surface area contributed by atoms with Gasteiger partial charge in [-0.25, -0.2) is 16.8 Å². The van der Waals surface area contributed by atoms with Crippen molar-refractivity contribution in [3.63, 3.8) is 0 Å².